The molecule has 3 nitrogen and oxygen atoms in total. The van der Waals surface area contributed by atoms with Gasteiger partial charge in [0.25, 0.3) is 0 Å². The van der Waals surface area contributed by atoms with Crippen molar-refractivity contribution in [3.05, 3.63) is 23.9 Å². The summed E-state index contributed by atoms with van der Waals surface area (Å²) in [6.07, 6.45) is 2.65. The molecule has 1 aromatic heterocycles. The molecule has 0 fully saturated rings. The summed E-state index contributed by atoms with van der Waals surface area (Å²) in [5.41, 5.74) is 0.577. The van der Waals surface area contributed by atoms with Crippen LogP contribution in [0.25, 0.3) is 0 Å². The quantitative estimate of drug-likeness (QED) is 0.708. The second-order valence-corrected chi connectivity index (χ2v) is 2.83. The van der Waals surface area contributed by atoms with E-state index in [4.69, 9.17) is 10.00 Å². The largest absolute Gasteiger partial charge is 0.475 e. The summed E-state index contributed by atoms with van der Waals surface area (Å²) in [6, 6.07) is 5.34. The minimum absolute atomic E-state index is 0.140. The highest BCUT2D eigenvalue weighted by molar-refractivity contribution is 5.31. The Kier molecular flexibility index (Phi) is 3.27. The molecule has 0 bridgehead atoms. The van der Waals surface area contributed by atoms with Gasteiger partial charge in [-0.15, -0.1) is 0 Å². The maximum Gasteiger partial charge on any atom is 0.214 e. The summed E-state index contributed by atoms with van der Waals surface area (Å²) < 4.78 is 5.44. The van der Waals surface area contributed by atoms with E-state index >= 15 is 0 Å². The van der Waals surface area contributed by atoms with Crippen molar-refractivity contribution in [2.24, 2.45) is 0 Å². The summed E-state index contributed by atoms with van der Waals surface area (Å²) >= 11 is 0. The van der Waals surface area contributed by atoms with Crippen molar-refractivity contribution in [3.63, 3.8) is 0 Å². The van der Waals surface area contributed by atoms with E-state index in [2.05, 4.69) is 4.98 Å². The molecule has 13 heavy (non-hydrogen) atoms. The number of hydrogen-bond donors (Lipinski definition) is 0. The Bertz CT molecular complexity index is 317. The van der Waals surface area contributed by atoms with Crippen LogP contribution in [0.4, 0.5) is 0 Å². The molecule has 0 aromatic carbocycles. The van der Waals surface area contributed by atoms with Crippen LogP contribution in [0.5, 0.6) is 5.88 Å². The third-order valence-corrected chi connectivity index (χ3v) is 1.76. The molecule has 0 N–H and O–H groups in total. The number of nitrogens with zero attached hydrogens (tertiary/aromatic N) is 2. The Morgan fingerprint density at radius 2 is 2.46 bits per heavy atom. The summed E-state index contributed by atoms with van der Waals surface area (Å²) in [5, 5.41) is 8.62. The van der Waals surface area contributed by atoms with Gasteiger partial charge in [-0.05, 0) is 19.4 Å². The second-order valence-electron chi connectivity index (χ2n) is 2.83. The van der Waals surface area contributed by atoms with Crippen molar-refractivity contribution < 1.29 is 4.74 Å². The molecule has 0 saturated heterocycles. The fraction of sp³-hybridized carbons (Fsp3) is 0.400. The molecule has 0 aliphatic rings. The van der Waals surface area contributed by atoms with Gasteiger partial charge in [0.15, 0.2) is 0 Å². The van der Waals surface area contributed by atoms with Gasteiger partial charge < -0.3 is 4.74 Å². The van der Waals surface area contributed by atoms with Crippen molar-refractivity contribution in [2.45, 2.75) is 26.4 Å². The highest BCUT2D eigenvalue weighted by Crippen LogP contribution is 2.11. The van der Waals surface area contributed by atoms with E-state index in [0.29, 0.717) is 11.4 Å². The number of ether oxygens (including phenoxy) is 1. The van der Waals surface area contributed by atoms with Crippen LogP contribution in [0.15, 0.2) is 18.3 Å². The third kappa shape index (κ3) is 2.75. The maximum atomic E-state index is 8.62. The van der Waals surface area contributed by atoms with Crippen molar-refractivity contribution in [3.8, 4) is 11.9 Å². The Balaban J connectivity index is 2.73. The molecule has 0 aliphatic carbocycles. The van der Waals surface area contributed by atoms with Crippen LogP contribution in [0.3, 0.4) is 0 Å². The molecule has 0 unspecified atom stereocenters. The van der Waals surface area contributed by atoms with Crippen molar-refractivity contribution in [1.82, 2.24) is 4.98 Å². The number of aromatic nitrogens is 1. The van der Waals surface area contributed by atoms with Crippen LogP contribution in [-0.2, 0) is 0 Å². The van der Waals surface area contributed by atoms with E-state index in [9.17, 15) is 0 Å². The minimum Gasteiger partial charge on any atom is -0.475 e. The van der Waals surface area contributed by atoms with Gasteiger partial charge in [-0.25, -0.2) is 4.98 Å². The lowest BCUT2D eigenvalue weighted by Crippen LogP contribution is -2.10. The standard InChI is InChI=1S/C10H12N2O/c1-3-8(2)13-10-6-9(7-11)4-5-12-10/h4-6,8H,3H2,1-2H3/t8-/m1/s1. The van der Waals surface area contributed by atoms with E-state index < -0.39 is 0 Å². The van der Waals surface area contributed by atoms with Gasteiger partial charge in [0, 0.05) is 12.3 Å². The monoisotopic (exact) mass is 176 g/mol. The molecule has 3 heteroatoms. The molecule has 0 spiro atoms. The summed E-state index contributed by atoms with van der Waals surface area (Å²) in [7, 11) is 0. The molecule has 68 valence electrons. The first-order valence-corrected chi connectivity index (χ1v) is 4.29. The molecule has 0 aliphatic heterocycles. The normalized spacial score (nSPS) is 11.8. The molecule has 0 saturated carbocycles. The topological polar surface area (TPSA) is 45.9 Å². The van der Waals surface area contributed by atoms with Gasteiger partial charge in [0.1, 0.15) is 0 Å². The Morgan fingerprint density at radius 1 is 1.69 bits per heavy atom. The van der Waals surface area contributed by atoms with E-state index in [1.54, 1.807) is 18.3 Å². The minimum atomic E-state index is 0.140. The highest BCUT2D eigenvalue weighted by Gasteiger charge is 2.02. The van der Waals surface area contributed by atoms with Crippen LogP contribution < -0.4 is 4.74 Å². The molecular weight excluding hydrogens is 164 g/mol. The first kappa shape index (κ1) is 9.53. The lowest BCUT2D eigenvalue weighted by Gasteiger charge is -2.10. The van der Waals surface area contributed by atoms with Gasteiger partial charge in [0.05, 0.1) is 17.7 Å². The molecule has 0 amide bonds. The van der Waals surface area contributed by atoms with Crippen molar-refractivity contribution in [2.75, 3.05) is 0 Å². The van der Waals surface area contributed by atoms with Crippen LogP contribution in [0.2, 0.25) is 0 Å². The molecular formula is C10H12N2O. The van der Waals surface area contributed by atoms with E-state index in [0.717, 1.165) is 6.42 Å². The Hall–Kier alpha value is -1.56. The zero-order valence-electron chi connectivity index (χ0n) is 7.82. The van der Waals surface area contributed by atoms with Gasteiger partial charge in [-0.3, -0.25) is 0 Å². The van der Waals surface area contributed by atoms with Crippen LogP contribution in [-0.4, -0.2) is 11.1 Å². The van der Waals surface area contributed by atoms with E-state index in [1.807, 2.05) is 19.9 Å². The first-order valence-electron chi connectivity index (χ1n) is 4.29. The predicted octanol–water partition coefficient (Wildman–Crippen LogP) is 2.13. The summed E-state index contributed by atoms with van der Waals surface area (Å²) in [6.45, 7) is 4.01. The fourth-order valence-corrected chi connectivity index (χ4v) is 0.833. The molecule has 1 aromatic rings. The summed E-state index contributed by atoms with van der Waals surface area (Å²) in [5.74, 6) is 0.522. The molecule has 1 rings (SSSR count). The van der Waals surface area contributed by atoms with Crippen molar-refractivity contribution in [1.29, 1.82) is 5.26 Å². The van der Waals surface area contributed by atoms with Crippen LogP contribution >= 0.6 is 0 Å². The zero-order valence-corrected chi connectivity index (χ0v) is 7.82. The van der Waals surface area contributed by atoms with Crippen LogP contribution in [0, 0.1) is 11.3 Å². The SMILES string of the molecule is CC[C@@H](C)Oc1cc(C#N)ccn1. The number of pyridine rings is 1. The smallest absolute Gasteiger partial charge is 0.214 e. The second kappa shape index (κ2) is 4.46. The maximum absolute atomic E-state index is 8.62. The third-order valence-electron chi connectivity index (χ3n) is 1.76. The van der Waals surface area contributed by atoms with Gasteiger partial charge in [-0.1, -0.05) is 6.92 Å². The zero-order chi connectivity index (χ0) is 9.68. The van der Waals surface area contributed by atoms with E-state index in [-0.39, 0.29) is 6.10 Å². The Labute approximate surface area is 78.0 Å². The van der Waals surface area contributed by atoms with Crippen LogP contribution in [0.1, 0.15) is 25.8 Å². The number of nitriles is 1. The van der Waals surface area contributed by atoms with Gasteiger partial charge in [-0.2, -0.15) is 5.26 Å². The first-order chi connectivity index (χ1) is 6.26. The lowest BCUT2D eigenvalue weighted by atomic mass is 10.3. The van der Waals surface area contributed by atoms with Gasteiger partial charge >= 0.3 is 0 Å². The average Bonchev–Trinajstić information content (AvgIpc) is 2.18. The number of hydrogen-bond acceptors (Lipinski definition) is 3. The lowest BCUT2D eigenvalue weighted by molar-refractivity contribution is 0.208. The molecule has 0 radical (unpaired) electrons. The molecule has 1 atom stereocenters. The Morgan fingerprint density at radius 3 is 3.08 bits per heavy atom. The summed E-state index contributed by atoms with van der Waals surface area (Å²) in [4.78, 5) is 4.00. The highest BCUT2D eigenvalue weighted by atomic mass is 16.5. The predicted molar refractivity (Wildman–Crippen MR) is 49.3 cm³/mol. The number of rotatable bonds is 3. The average molecular weight is 176 g/mol. The fourth-order valence-electron chi connectivity index (χ4n) is 0.833. The van der Waals surface area contributed by atoms with Gasteiger partial charge in [0.2, 0.25) is 5.88 Å². The van der Waals surface area contributed by atoms with Crippen molar-refractivity contribution >= 4 is 0 Å². The van der Waals surface area contributed by atoms with E-state index in [1.165, 1.54) is 0 Å². The molecule has 1 heterocycles.